The monoisotopic (exact) mass is 231 g/mol. The highest BCUT2D eigenvalue weighted by Crippen LogP contribution is 2.26. The number of aryl methyl sites for hydroxylation is 1. The molecule has 0 amide bonds. The molecule has 2 aromatic rings. The molecule has 17 heavy (non-hydrogen) atoms. The third kappa shape index (κ3) is 2.20. The maximum atomic E-state index is 11.7. The average molecular weight is 231 g/mol. The first-order chi connectivity index (χ1) is 8.24. The Morgan fingerprint density at radius 2 is 2.18 bits per heavy atom. The van der Waals surface area contributed by atoms with E-state index in [0.29, 0.717) is 12.4 Å². The molecule has 0 saturated heterocycles. The molecule has 0 saturated carbocycles. The third-order valence-corrected chi connectivity index (χ3v) is 2.43. The molecule has 0 atom stereocenters. The molecule has 1 aromatic carbocycles. The fraction of sp³-hybridized carbons (Fsp3) is 0.231. The van der Waals surface area contributed by atoms with Crippen LogP contribution in [-0.2, 0) is 4.74 Å². The number of carbonyl (C=O) groups excluding carboxylic acids is 1. The lowest BCUT2D eigenvalue weighted by Crippen LogP contribution is -2.06. The quantitative estimate of drug-likeness (QED) is 0.762. The molecule has 4 heteroatoms. The number of benzene rings is 1. The summed E-state index contributed by atoms with van der Waals surface area (Å²) < 4.78 is 10.2. The van der Waals surface area contributed by atoms with Crippen LogP contribution in [0.15, 0.2) is 35.1 Å². The molecule has 2 rings (SSSR count). The number of hydrogen-bond acceptors (Lipinski definition) is 4. The summed E-state index contributed by atoms with van der Waals surface area (Å²) in [4.78, 5) is 15.6. The van der Waals surface area contributed by atoms with Gasteiger partial charge in [-0.2, -0.15) is 0 Å². The number of oxazole rings is 1. The van der Waals surface area contributed by atoms with Crippen molar-refractivity contribution in [3.63, 3.8) is 0 Å². The van der Waals surface area contributed by atoms with Gasteiger partial charge < -0.3 is 9.15 Å². The van der Waals surface area contributed by atoms with E-state index in [1.54, 1.807) is 6.92 Å². The van der Waals surface area contributed by atoms with E-state index in [1.165, 1.54) is 6.39 Å². The highest BCUT2D eigenvalue weighted by molar-refractivity contribution is 5.93. The van der Waals surface area contributed by atoms with Crippen molar-refractivity contribution in [1.29, 1.82) is 0 Å². The standard InChI is InChI=1S/C13H13NO3/c1-3-16-13(15)11-12(17-8-14-11)10-7-5-4-6-9(10)2/h4-8H,3H2,1-2H3. The van der Waals surface area contributed by atoms with Crippen LogP contribution in [0.4, 0.5) is 0 Å². The lowest BCUT2D eigenvalue weighted by atomic mass is 10.1. The SMILES string of the molecule is CCOC(=O)c1ncoc1-c1ccccc1C. The molecular weight excluding hydrogens is 218 g/mol. The Morgan fingerprint density at radius 1 is 1.41 bits per heavy atom. The molecule has 0 N–H and O–H groups in total. The first-order valence-electron chi connectivity index (χ1n) is 5.40. The van der Waals surface area contributed by atoms with Crippen LogP contribution in [0.25, 0.3) is 11.3 Å². The van der Waals surface area contributed by atoms with Gasteiger partial charge in [-0.25, -0.2) is 9.78 Å². The second-order valence-corrected chi connectivity index (χ2v) is 3.57. The summed E-state index contributed by atoms with van der Waals surface area (Å²) in [5, 5.41) is 0. The van der Waals surface area contributed by atoms with Crippen LogP contribution < -0.4 is 0 Å². The number of carbonyl (C=O) groups is 1. The second-order valence-electron chi connectivity index (χ2n) is 3.57. The van der Waals surface area contributed by atoms with E-state index in [0.717, 1.165) is 11.1 Å². The number of nitrogens with zero attached hydrogens (tertiary/aromatic N) is 1. The van der Waals surface area contributed by atoms with Crippen LogP contribution in [0, 0.1) is 6.92 Å². The van der Waals surface area contributed by atoms with Crippen molar-refractivity contribution >= 4 is 5.97 Å². The van der Waals surface area contributed by atoms with Gasteiger partial charge in [0.2, 0.25) is 0 Å². The zero-order chi connectivity index (χ0) is 12.3. The third-order valence-electron chi connectivity index (χ3n) is 2.43. The van der Waals surface area contributed by atoms with E-state index in [4.69, 9.17) is 9.15 Å². The molecular formula is C13H13NO3. The number of esters is 1. The van der Waals surface area contributed by atoms with Crippen molar-refractivity contribution in [3.8, 4) is 11.3 Å². The van der Waals surface area contributed by atoms with Crippen molar-refractivity contribution < 1.29 is 13.9 Å². The fourth-order valence-corrected chi connectivity index (χ4v) is 1.61. The maximum absolute atomic E-state index is 11.7. The van der Waals surface area contributed by atoms with Gasteiger partial charge >= 0.3 is 5.97 Å². The Kier molecular flexibility index (Phi) is 3.23. The summed E-state index contributed by atoms with van der Waals surface area (Å²) >= 11 is 0. The van der Waals surface area contributed by atoms with Crippen LogP contribution in [0.2, 0.25) is 0 Å². The largest absolute Gasteiger partial charge is 0.461 e. The van der Waals surface area contributed by atoms with Gasteiger partial charge in [-0.3, -0.25) is 0 Å². The second kappa shape index (κ2) is 4.82. The Labute approximate surface area is 99.2 Å². The molecule has 0 aliphatic rings. The first-order valence-corrected chi connectivity index (χ1v) is 5.40. The molecule has 0 aliphatic carbocycles. The normalized spacial score (nSPS) is 10.2. The fourth-order valence-electron chi connectivity index (χ4n) is 1.61. The van der Waals surface area contributed by atoms with Crippen molar-refractivity contribution in [1.82, 2.24) is 4.98 Å². The number of rotatable bonds is 3. The molecule has 0 radical (unpaired) electrons. The van der Waals surface area contributed by atoms with Crippen molar-refractivity contribution in [3.05, 3.63) is 41.9 Å². The Morgan fingerprint density at radius 3 is 2.88 bits per heavy atom. The van der Waals surface area contributed by atoms with Crippen LogP contribution >= 0.6 is 0 Å². The van der Waals surface area contributed by atoms with Gasteiger partial charge in [0.05, 0.1) is 6.61 Å². The van der Waals surface area contributed by atoms with Crippen molar-refractivity contribution in [2.75, 3.05) is 6.61 Å². The zero-order valence-electron chi connectivity index (χ0n) is 9.77. The van der Waals surface area contributed by atoms with E-state index >= 15 is 0 Å². The molecule has 0 fully saturated rings. The molecule has 0 unspecified atom stereocenters. The minimum Gasteiger partial charge on any atom is -0.461 e. The van der Waals surface area contributed by atoms with Gasteiger partial charge in [0, 0.05) is 5.56 Å². The molecule has 0 aliphatic heterocycles. The van der Waals surface area contributed by atoms with Crippen LogP contribution in [0.5, 0.6) is 0 Å². The first kappa shape index (κ1) is 11.4. The van der Waals surface area contributed by atoms with Gasteiger partial charge in [0.15, 0.2) is 17.8 Å². The van der Waals surface area contributed by atoms with Gasteiger partial charge in [-0.05, 0) is 19.4 Å². The molecule has 0 spiro atoms. The summed E-state index contributed by atoms with van der Waals surface area (Å²) in [6, 6.07) is 7.66. The average Bonchev–Trinajstić information content (AvgIpc) is 2.79. The topological polar surface area (TPSA) is 52.3 Å². The van der Waals surface area contributed by atoms with Crippen LogP contribution in [0.3, 0.4) is 0 Å². The van der Waals surface area contributed by atoms with Gasteiger partial charge in [0.25, 0.3) is 0 Å². The minimum atomic E-state index is -0.459. The Bertz CT molecular complexity index is 531. The lowest BCUT2D eigenvalue weighted by Gasteiger charge is -2.04. The molecule has 1 aromatic heterocycles. The minimum absolute atomic E-state index is 0.223. The molecule has 88 valence electrons. The van der Waals surface area contributed by atoms with Crippen molar-refractivity contribution in [2.24, 2.45) is 0 Å². The van der Waals surface area contributed by atoms with E-state index in [9.17, 15) is 4.79 Å². The van der Waals surface area contributed by atoms with E-state index in [-0.39, 0.29) is 5.69 Å². The maximum Gasteiger partial charge on any atom is 0.360 e. The highest BCUT2D eigenvalue weighted by atomic mass is 16.5. The number of hydrogen-bond donors (Lipinski definition) is 0. The predicted molar refractivity (Wildman–Crippen MR) is 62.6 cm³/mol. The zero-order valence-corrected chi connectivity index (χ0v) is 9.77. The van der Waals surface area contributed by atoms with E-state index in [1.807, 2.05) is 31.2 Å². The summed E-state index contributed by atoms with van der Waals surface area (Å²) in [5.74, 6) is 0.000975. The molecule has 1 heterocycles. The van der Waals surface area contributed by atoms with E-state index in [2.05, 4.69) is 4.98 Å². The van der Waals surface area contributed by atoms with Crippen LogP contribution in [-0.4, -0.2) is 17.6 Å². The van der Waals surface area contributed by atoms with Gasteiger partial charge in [-0.1, -0.05) is 24.3 Å². The summed E-state index contributed by atoms with van der Waals surface area (Å²) in [5.41, 5.74) is 2.10. The summed E-state index contributed by atoms with van der Waals surface area (Å²) in [7, 11) is 0. The molecule has 0 bridgehead atoms. The number of aromatic nitrogens is 1. The Balaban J connectivity index is 2.44. The molecule has 4 nitrogen and oxygen atoms in total. The summed E-state index contributed by atoms with van der Waals surface area (Å²) in [6.45, 7) is 4.02. The lowest BCUT2D eigenvalue weighted by molar-refractivity contribution is 0.0520. The van der Waals surface area contributed by atoms with E-state index < -0.39 is 5.97 Å². The Hall–Kier alpha value is -2.10. The summed E-state index contributed by atoms with van der Waals surface area (Å²) in [6.07, 6.45) is 1.26. The smallest absolute Gasteiger partial charge is 0.360 e. The van der Waals surface area contributed by atoms with Crippen molar-refractivity contribution in [2.45, 2.75) is 13.8 Å². The van der Waals surface area contributed by atoms with Gasteiger partial charge in [0.1, 0.15) is 0 Å². The van der Waals surface area contributed by atoms with Gasteiger partial charge in [-0.15, -0.1) is 0 Å². The van der Waals surface area contributed by atoms with Crippen LogP contribution in [0.1, 0.15) is 23.0 Å². The highest BCUT2D eigenvalue weighted by Gasteiger charge is 2.20. The number of ether oxygens (including phenoxy) is 1. The predicted octanol–water partition coefficient (Wildman–Crippen LogP) is 2.83.